The van der Waals surface area contributed by atoms with Gasteiger partial charge < -0.3 is 9.67 Å². The van der Waals surface area contributed by atoms with E-state index in [1.165, 1.54) is 17.9 Å². The van der Waals surface area contributed by atoms with Crippen LogP contribution in [0.5, 0.6) is 0 Å². The Balaban J connectivity index is 3.16. The number of carboxylic acids is 1. The molecular weight excluding hydrogens is 242 g/mol. The zero-order valence-electron chi connectivity index (χ0n) is 8.38. The summed E-state index contributed by atoms with van der Waals surface area (Å²) in [6, 6.07) is 0. The van der Waals surface area contributed by atoms with E-state index < -0.39 is 29.9 Å². The van der Waals surface area contributed by atoms with Crippen LogP contribution in [0.1, 0.15) is 17.8 Å². The first-order chi connectivity index (χ1) is 7.47. The number of imidazole rings is 1. The minimum absolute atomic E-state index is 0.0203. The van der Waals surface area contributed by atoms with E-state index in [1.54, 1.807) is 0 Å². The number of halogens is 3. The van der Waals surface area contributed by atoms with Crippen LogP contribution in [0.25, 0.3) is 5.03 Å². The Morgan fingerprint density at radius 3 is 2.81 bits per heavy atom. The van der Waals surface area contributed by atoms with E-state index in [0.717, 1.165) is 0 Å². The predicted octanol–water partition coefficient (Wildman–Crippen LogP) is 2.24. The zero-order chi connectivity index (χ0) is 12.3. The third-order valence-electron chi connectivity index (χ3n) is 1.89. The maximum Gasteiger partial charge on any atom is 0.310 e. The van der Waals surface area contributed by atoms with Crippen LogP contribution in [0.3, 0.4) is 0 Å². The molecule has 1 aromatic heterocycles. The van der Waals surface area contributed by atoms with Gasteiger partial charge in [0.1, 0.15) is 12.5 Å². The molecule has 0 unspecified atom stereocenters. The van der Waals surface area contributed by atoms with Gasteiger partial charge >= 0.3 is 5.97 Å². The maximum absolute atomic E-state index is 13.3. The van der Waals surface area contributed by atoms with E-state index in [9.17, 15) is 13.6 Å². The summed E-state index contributed by atoms with van der Waals surface area (Å²) in [5.41, 5.74) is 0.0379. The van der Waals surface area contributed by atoms with E-state index in [0.29, 0.717) is 0 Å². The molecule has 0 atom stereocenters. The Bertz CT molecular complexity index is 443. The summed E-state index contributed by atoms with van der Waals surface area (Å²) in [5, 5.41) is 7.98. The molecular formula is C9H9ClF2N2O2. The molecule has 0 amide bonds. The molecule has 0 aromatic carbocycles. The van der Waals surface area contributed by atoms with Crippen molar-refractivity contribution in [3.63, 3.8) is 0 Å². The van der Waals surface area contributed by atoms with E-state index >= 15 is 0 Å². The fourth-order valence-corrected chi connectivity index (χ4v) is 1.51. The molecule has 4 nitrogen and oxygen atoms in total. The van der Waals surface area contributed by atoms with Crippen molar-refractivity contribution in [2.24, 2.45) is 7.05 Å². The number of aromatic nitrogens is 2. The fourth-order valence-electron chi connectivity index (χ4n) is 1.20. The molecule has 1 rings (SSSR count). The Morgan fingerprint density at radius 1 is 1.69 bits per heavy atom. The summed E-state index contributed by atoms with van der Waals surface area (Å²) in [7, 11) is 1.51. The average Bonchev–Trinajstić information content (AvgIpc) is 2.57. The van der Waals surface area contributed by atoms with Gasteiger partial charge in [0, 0.05) is 7.05 Å². The number of carboxylic acid groups (broad SMARTS) is 1. The van der Waals surface area contributed by atoms with Crippen molar-refractivity contribution in [2.45, 2.75) is 13.1 Å². The van der Waals surface area contributed by atoms with Crippen LogP contribution < -0.4 is 0 Å². The zero-order valence-corrected chi connectivity index (χ0v) is 9.13. The van der Waals surface area contributed by atoms with Gasteiger partial charge in [0.15, 0.2) is 0 Å². The Labute approximate surface area is 95.2 Å². The van der Waals surface area contributed by atoms with Gasteiger partial charge in [-0.3, -0.25) is 4.79 Å². The molecule has 0 aliphatic rings. The second-order valence-electron chi connectivity index (χ2n) is 3.07. The van der Waals surface area contributed by atoms with Crippen LogP contribution in [0.2, 0.25) is 0 Å². The van der Waals surface area contributed by atoms with Gasteiger partial charge in [0.05, 0.1) is 29.2 Å². The topological polar surface area (TPSA) is 55.1 Å². The van der Waals surface area contributed by atoms with Gasteiger partial charge in [-0.15, -0.1) is 0 Å². The summed E-state index contributed by atoms with van der Waals surface area (Å²) in [6.07, 6.45) is 0.441. The lowest BCUT2D eigenvalue weighted by Crippen LogP contribution is -1.99. The molecule has 0 fully saturated rings. The van der Waals surface area contributed by atoms with Gasteiger partial charge in [-0.05, 0) is 0 Å². The van der Waals surface area contributed by atoms with Crippen molar-refractivity contribution in [1.29, 1.82) is 0 Å². The quantitative estimate of drug-likeness (QED) is 0.892. The van der Waals surface area contributed by atoms with Crippen LogP contribution in [-0.4, -0.2) is 20.6 Å². The number of aliphatic carboxylic acids is 1. The lowest BCUT2D eigenvalue weighted by Gasteiger charge is -2.04. The number of rotatable bonds is 4. The number of hydrogen-bond acceptors (Lipinski definition) is 2. The fraction of sp³-hybridized carbons (Fsp3) is 0.333. The minimum atomic E-state index is -1.35. The molecule has 0 saturated carbocycles. The lowest BCUT2D eigenvalue weighted by molar-refractivity contribution is -0.136. The first-order valence-corrected chi connectivity index (χ1v) is 4.67. The van der Waals surface area contributed by atoms with Crippen molar-refractivity contribution in [2.75, 3.05) is 0 Å². The Hall–Kier alpha value is -1.43. The third kappa shape index (κ3) is 2.57. The Kier molecular flexibility index (Phi) is 4.00. The van der Waals surface area contributed by atoms with E-state index in [-0.39, 0.29) is 11.4 Å². The smallest absolute Gasteiger partial charge is 0.310 e. The standard InChI is InChI=1S/C9H9ClF2N2O2/c1-14-4-13-6(3-11)9(14)8(10)5(12)2-7(15)16/h4H,2-3H2,1H3,(H,15,16)/b8-5-. The van der Waals surface area contributed by atoms with E-state index in [4.69, 9.17) is 16.7 Å². The van der Waals surface area contributed by atoms with Crippen molar-refractivity contribution < 1.29 is 18.7 Å². The van der Waals surface area contributed by atoms with Crippen molar-refractivity contribution in [3.05, 3.63) is 23.5 Å². The van der Waals surface area contributed by atoms with Crippen molar-refractivity contribution in [1.82, 2.24) is 9.55 Å². The lowest BCUT2D eigenvalue weighted by atomic mass is 10.2. The summed E-state index contributed by atoms with van der Waals surface area (Å²) < 4.78 is 27.1. The molecule has 0 radical (unpaired) electrons. The molecule has 0 spiro atoms. The Morgan fingerprint density at radius 2 is 2.31 bits per heavy atom. The van der Waals surface area contributed by atoms with Gasteiger partial charge in [0.25, 0.3) is 0 Å². The van der Waals surface area contributed by atoms with E-state index in [1.807, 2.05) is 0 Å². The molecule has 0 saturated heterocycles. The van der Waals surface area contributed by atoms with E-state index in [2.05, 4.69) is 4.98 Å². The first-order valence-electron chi connectivity index (χ1n) is 4.29. The summed E-state index contributed by atoms with van der Waals surface area (Å²) >= 11 is 5.65. The van der Waals surface area contributed by atoms with Crippen LogP contribution in [0, 0.1) is 0 Å². The number of alkyl halides is 1. The van der Waals surface area contributed by atoms with Gasteiger partial charge in [-0.25, -0.2) is 13.8 Å². The highest BCUT2D eigenvalue weighted by atomic mass is 35.5. The third-order valence-corrected chi connectivity index (χ3v) is 2.28. The second kappa shape index (κ2) is 5.07. The minimum Gasteiger partial charge on any atom is -0.481 e. The van der Waals surface area contributed by atoms with Crippen molar-refractivity contribution >= 4 is 22.6 Å². The van der Waals surface area contributed by atoms with Gasteiger partial charge in [-0.1, -0.05) is 11.6 Å². The van der Waals surface area contributed by atoms with Crippen LogP contribution in [0.4, 0.5) is 8.78 Å². The molecule has 1 aromatic rings. The largest absolute Gasteiger partial charge is 0.481 e. The molecule has 16 heavy (non-hydrogen) atoms. The summed E-state index contributed by atoms with van der Waals surface area (Å²) in [4.78, 5) is 14.0. The summed E-state index contributed by atoms with van der Waals surface area (Å²) in [6.45, 7) is -0.896. The monoisotopic (exact) mass is 250 g/mol. The highest BCUT2D eigenvalue weighted by Gasteiger charge is 2.17. The van der Waals surface area contributed by atoms with Gasteiger partial charge in [-0.2, -0.15) is 0 Å². The molecule has 1 heterocycles. The number of hydrogen-bond donors (Lipinski definition) is 1. The highest BCUT2D eigenvalue weighted by molar-refractivity contribution is 6.49. The normalized spacial score (nSPS) is 12.5. The van der Waals surface area contributed by atoms with Crippen molar-refractivity contribution in [3.8, 4) is 0 Å². The molecule has 1 N–H and O–H groups in total. The number of nitrogens with zero attached hydrogens (tertiary/aromatic N) is 2. The predicted molar refractivity (Wildman–Crippen MR) is 54.2 cm³/mol. The molecule has 0 aliphatic heterocycles. The number of carbonyl (C=O) groups is 1. The van der Waals surface area contributed by atoms with Gasteiger partial charge in [0.2, 0.25) is 0 Å². The number of aryl methyl sites for hydroxylation is 1. The van der Waals surface area contributed by atoms with Crippen LogP contribution in [-0.2, 0) is 18.5 Å². The first kappa shape index (κ1) is 12.6. The van der Waals surface area contributed by atoms with Crippen LogP contribution in [0.15, 0.2) is 12.2 Å². The average molecular weight is 251 g/mol. The molecule has 0 aliphatic carbocycles. The SMILES string of the molecule is Cn1cnc(CF)c1/C(Cl)=C(/F)CC(=O)O. The molecule has 7 heteroatoms. The summed E-state index contributed by atoms with van der Waals surface area (Å²) in [5.74, 6) is -2.37. The molecule has 0 bridgehead atoms. The van der Waals surface area contributed by atoms with Crippen LogP contribution >= 0.6 is 11.6 Å². The highest BCUT2D eigenvalue weighted by Crippen LogP contribution is 2.28. The molecule has 88 valence electrons. The second-order valence-corrected chi connectivity index (χ2v) is 3.45. The maximum atomic E-state index is 13.3.